The Morgan fingerprint density at radius 1 is 1.29 bits per heavy atom. The van der Waals surface area contributed by atoms with Crippen molar-refractivity contribution in [3.63, 3.8) is 0 Å². The smallest absolute Gasteiger partial charge is 0.328 e. The Labute approximate surface area is 121 Å². The maximum Gasteiger partial charge on any atom is 0.328 e. The number of hydrogen-bond acceptors (Lipinski definition) is 4. The molecule has 0 saturated carbocycles. The van der Waals surface area contributed by atoms with E-state index in [9.17, 15) is 13.2 Å². The van der Waals surface area contributed by atoms with Gasteiger partial charge >= 0.3 is 5.97 Å². The highest BCUT2D eigenvalue weighted by Gasteiger charge is 2.13. The maximum absolute atomic E-state index is 12.0. The van der Waals surface area contributed by atoms with Crippen molar-refractivity contribution in [2.24, 2.45) is 0 Å². The molecule has 8 heteroatoms. The summed E-state index contributed by atoms with van der Waals surface area (Å²) in [6, 6.07) is 7.56. The van der Waals surface area contributed by atoms with Crippen LogP contribution in [0.25, 0.3) is 6.08 Å². The number of benzene rings is 1. The van der Waals surface area contributed by atoms with Gasteiger partial charge in [-0.1, -0.05) is 12.1 Å². The van der Waals surface area contributed by atoms with E-state index in [2.05, 4.69) is 14.9 Å². The Kier molecular flexibility index (Phi) is 4.51. The molecule has 0 aliphatic rings. The van der Waals surface area contributed by atoms with Crippen LogP contribution < -0.4 is 4.72 Å². The van der Waals surface area contributed by atoms with E-state index in [-0.39, 0.29) is 11.4 Å². The molecule has 2 rings (SSSR count). The number of carboxylic acids is 1. The molecule has 0 amide bonds. The number of rotatable bonds is 6. The molecule has 3 N–H and O–H groups in total. The summed E-state index contributed by atoms with van der Waals surface area (Å²) in [5.41, 5.74) is 1.25. The van der Waals surface area contributed by atoms with Crippen molar-refractivity contribution in [1.82, 2.24) is 14.9 Å². The highest BCUT2D eigenvalue weighted by atomic mass is 32.2. The average molecular weight is 307 g/mol. The van der Waals surface area contributed by atoms with Crippen molar-refractivity contribution in [3.8, 4) is 0 Å². The van der Waals surface area contributed by atoms with E-state index in [1.54, 1.807) is 6.07 Å². The molecule has 0 bridgehead atoms. The number of nitrogens with one attached hydrogen (secondary N) is 2. The highest BCUT2D eigenvalue weighted by Crippen LogP contribution is 2.12. The largest absolute Gasteiger partial charge is 0.478 e. The Bertz CT molecular complexity index is 734. The number of carboxylic acid groups (broad SMARTS) is 1. The molecular formula is C13H13N3O4S. The molecule has 0 unspecified atom stereocenters. The summed E-state index contributed by atoms with van der Waals surface area (Å²) in [6.45, 7) is 0.114. The summed E-state index contributed by atoms with van der Waals surface area (Å²) in [5.74, 6) is -1.06. The second-order valence-electron chi connectivity index (χ2n) is 4.15. The molecule has 0 aliphatic carbocycles. The third-order valence-corrected chi connectivity index (χ3v) is 4.04. The van der Waals surface area contributed by atoms with Crippen LogP contribution >= 0.6 is 0 Å². The third kappa shape index (κ3) is 4.26. The van der Waals surface area contributed by atoms with Gasteiger partial charge in [0.05, 0.1) is 17.1 Å². The molecule has 1 aromatic carbocycles. The zero-order valence-corrected chi connectivity index (χ0v) is 11.7. The maximum atomic E-state index is 12.0. The molecule has 0 saturated heterocycles. The number of aromatic amines is 1. The first-order valence-electron chi connectivity index (χ1n) is 5.96. The van der Waals surface area contributed by atoms with Crippen molar-refractivity contribution >= 4 is 22.1 Å². The normalized spacial score (nSPS) is 11.8. The minimum Gasteiger partial charge on any atom is -0.478 e. The van der Waals surface area contributed by atoms with E-state index in [0.29, 0.717) is 11.3 Å². The lowest BCUT2D eigenvalue weighted by molar-refractivity contribution is -0.131. The third-order valence-electron chi connectivity index (χ3n) is 2.62. The zero-order valence-electron chi connectivity index (χ0n) is 10.9. The minimum absolute atomic E-state index is 0.106. The summed E-state index contributed by atoms with van der Waals surface area (Å²) >= 11 is 0. The van der Waals surface area contributed by atoms with Gasteiger partial charge in [-0.05, 0) is 29.8 Å². The molecule has 0 spiro atoms. The van der Waals surface area contributed by atoms with E-state index >= 15 is 0 Å². The van der Waals surface area contributed by atoms with Crippen molar-refractivity contribution in [2.45, 2.75) is 11.4 Å². The van der Waals surface area contributed by atoms with Crippen LogP contribution in [0.2, 0.25) is 0 Å². The van der Waals surface area contributed by atoms with E-state index in [4.69, 9.17) is 5.11 Å². The van der Waals surface area contributed by atoms with Gasteiger partial charge in [0.25, 0.3) is 0 Å². The number of aliphatic carboxylic acids is 1. The molecule has 0 aliphatic heterocycles. The molecule has 0 radical (unpaired) electrons. The standard InChI is InChI=1S/C13H13N3O4S/c17-13(18)6-3-10-1-4-12(5-2-10)21(19,20)15-9-11-7-8-14-16-11/h1-8,15H,9H2,(H,14,16)(H,17,18)/b6-3+. The second kappa shape index (κ2) is 6.33. The lowest BCUT2D eigenvalue weighted by Crippen LogP contribution is -2.23. The Morgan fingerprint density at radius 3 is 2.57 bits per heavy atom. The molecule has 2 aromatic rings. The minimum atomic E-state index is -3.62. The van der Waals surface area contributed by atoms with Crippen LogP contribution in [-0.4, -0.2) is 29.7 Å². The molecular weight excluding hydrogens is 294 g/mol. The summed E-state index contributed by atoms with van der Waals surface area (Å²) in [7, 11) is -3.62. The topological polar surface area (TPSA) is 112 Å². The van der Waals surface area contributed by atoms with Gasteiger partial charge < -0.3 is 5.11 Å². The first-order valence-corrected chi connectivity index (χ1v) is 7.45. The fourth-order valence-electron chi connectivity index (χ4n) is 1.56. The van der Waals surface area contributed by atoms with E-state index < -0.39 is 16.0 Å². The number of H-pyrrole nitrogens is 1. The molecule has 21 heavy (non-hydrogen) atoms. The fourth-order valence-corrected chi connectivity index (χ4v) is 2.57. The zero-order chi connectivity index (χ0) is 15.3. The van der Waals surface area contributed by atoms with Crippen LogP contribution in [0, 0.1) is 0 Å². The van der Waals surface area contributed by atoms with E-state index in [1.807, 2.05) is 0 Å². The average Bonchev–Trinajstić information content (AvgIpc) is 2.97. The van der Waals surface area contributed by atoms with Gasteiger partial charge in [-0.15, -0.1) is 0 Å². The van der Waals surface area contributed by atoms with Crippen LogP contribution in [-0.2, 0) is 21.4 Å². The molecule has 1 aromatic heterocycles. The number of sulfonamides is 1. The van der Waals surface area contributed by atoms with Crippen LogP contribution in [0.1, 0.15) is 11.3 Å². The second-order valence-corrected chi connectivity index (χ2v) is 5.91. The van der Waals surface area contributed by atoms with Gasteiger partial charge in [-0.2, -0.15) is 5.10 Å². The molecule has 7 nitrogen and oxygen atoms in total. The summed E-state index contributed by atoms with van der Waals surface area (Å²) in [6.07, 6.45) is 3.91. The monoisotopic (exact) mass is 307 g/mol. The van der Waals surface area contributed by atoms with E-state index in [1.165, 1.54) is 36.5 Å². The van der Waals surface area contributed by atoms with Crippen molar-refractivity contribution in [1.29, 1.82) is 0 Å². The van der Waals surface area contributed by atoms with Crippen LogP contribution in [0.4, 0.5) is 0 Å². The highest BCUT2D eigenvalue weighted by molar-refractivity contribution is 7.89. The molecule has 1 heterocycles. The van der Waals surface area contributed by atoms with Crippen molar-refractivity contribution in [3.05, 3.63) is 53.9 Å². The summed E-state index contributed by atoms with van der Waals surface area (Å²) in [5, 5.41) is 14.9. The fraction of sp³-hybridized carbons (Fsp3) is 0.0769. The number of nitrogens with zero attached hydrogens (tertiary/aromatic N) is 1. The van der Waals surface area contributed by atoms with Crippen LogP contribution in [0.5, 0.6) is 0 Å². The van der Waals surface area contributed by atoms with Gasteiger partial charge in [-0.3, -0.25) is 5.10 Å². The number of aromatic nitrogens is 2. The van der Waals surface area contributed by atoms with Crippen LogP contribution in [0.15, 0.2) is 47.5 Å². The Balaban J connectivity index is 2.08. The first kappa shape index (κ1) is 14.9. The van der Waals surface area contributed by atoms with Gasteiger partial charge in [0.1, 0.15) is 0 Å². The predicted molar refractivity (Wildman–Crippen MR) is 75.7 cm³/mol. The lowest BCUT2D eigenvalue weighted by atomic mass is 10.2. The SMILES string of the molecule is O=C(O)/C=C/c1ccc(S(=O)(=O)NCc2ccn[nH]2)cc1. The first-order chi connectivity index (χ1) is 9.97. The van der Waals surface area contributed by atoms with Crippen molar-refractivity contribution < 1.29 is 18.3 Å². The molecule has 110 valence electrons. The Morgan fingerprint density at radius 2 is 2.00 bits per heavy atom. The summed E-state index contributed by atoms with van der Waals surface area (Å²) < 4.78 is 26.5. The number of hydrogen-bond donors (Lipinski definition) is 3. The number of carbonyl (C=O) groups is 1. The van der Waals surface area contributed by atoms with Gasteiger partial charge in [-0.25, -0.2) is 17.9 Å². The van der Waals surface area contributed by atoms with Crippen LogP contribution in [0.3, 0.4) is 0 Å². The van der Waals surface area contributed by atoms with Gasteiger partial charge in [0.2, 0.25) is 10.0 Å². The predicted octanol–water partition coefficient (Wildman–Crippen LogP) is 0.986. The molecule has 0 atom stereocenters. The quantitative estimate of drug-likeness (QED) is 0.689. The van der Waals surface area contributed by atoms with Gasteiger partial charge in [0.15, 0.2) is 0 Å². The van der Waals surface area contributed by atoms with Gasteiger partial charge in [0, 0.05) is 12.3 Å². The van der Waals surface area contributed by atoms with E-state index in [0.717, 1.165) is 6.08 Å². The Hall–Kier alpha value is -2.45. The van der Waals surface area contributed by atoms with Crippen molar-refractivity contribution in [2.75, 3.05) is 0 Å². The summed E-state index contributed by atoms with van der Waals surface area (Å²) in [4.78, 5) is 10.5. The lowest BCUT2D eigenvalue weighted by Gasteiger charge is -2.05. The molecule has 0 fully saturated rings.